The minimum absolute atomic E-state index is 0.0180. The topological polar surface area (TPSA) is 92.1 Å². The summed E-state index contributed by atoms with van der Waals surface area (Å²) in [4.78, 5) is 6.78. The van der Waals surface area contributed by atoms with Gasteiger partial charge in [-0.25, -0.2) is 17.7 Å². The molecule has 0 spiro atoms. The summed E-state index contributed by atoms with van der Waals surface area (Å²) in [5.41, 5.74) is 6.28. The summed E-state index contributed by atoms with van der Waals surface area (Å²) in [6, 6.07) is 0. The fraction of sp³-hybridized carbons (Fsp3) is 0.727. The zero-order valence-corrected chi connectivity index (χ0v) is 11.8. The maximum absolute atomic E-state index is 11.8. The van der Waals surface area contributed by atoms with Gasteiger partial charge < -0.3 is 10.7 Å². The number of nitrogens with one attached hydrogen (secondary N) is 1. The molecule has 0 bridgehead atoms. The molecule has 0 aliphatic carbocycles. The smallest absolute Gasteiger partial charge is 0.276 e. The number of hydrogen-bond donors (Lipinski definition) is 2. The highest BCUT2D eigenvalue weighted by Gasteiger charge is 2.20. The van der Waals surface area contributed by atoms with E-state index in [1.54, 1.807) is 6.20 Å². The van der Waals surface area contributed by atoms with Crippen molar-refractivity contribution in [3.8, 4) is 0 Å². The first-order chi connectivity index (χ1) is 8.48. The minimum Gasteiger partial charge on any atom is -0.332 e. The average Bonchev–Trinajstić information content (AvgIpc) is 2.78. The molecule has 6 nitrogen and oxygen atoms in total. The van der Waals surface area contributed by atoms with Crippen molar-refractivity contribution in [3.05, 3.63) is 11.9 Å². The fourth-order valence-corrected chi connectivity index (χ4v) is 2.37. The quantitative estimate of drug-likeness (QED) is 0.683. The second-order valence-corrected chi connectivity index (χ2v) is 6.52. The van der Waals surface area contributed by atoms with Crippen LogP contribution >= 0.6 is 0 Å². The summed E-state index contributed by atoms with van der Waals surface area (Å²) in [5.74, 6) is 0. The summed E-state index contributed by atoms with van der Waals surface area (Å²) in [6.07, 6.45) is 6.70. The number of aromatic nitrogens is 2. The Morgan fingerprint density at radius 1 is 1.28 bits per heavy atom. The summed E-state index contributed by atoms with van der Waals surface area (Å²) >= 11 is 0. The minimum atomic E-state index is -3.45. The lowest BCUT2D eigenvalue weighted by Gasteiger charge is -2.07. The highest BCUT2D eigenvalue weighted by atomic mass is 32.2. The Hall–Kier alpha value is -0.920. The SMILES string of the molecule is CN(C)S(=O)(=O)c1ncc(CCCCCCN)[nH]1. The van der Waals surface area contributed by atoms with E-state index in [9.17, 15) is 8.42 Å². The third-order valence-corrected chi connectivity index (χ3v) is 4.39. The van der Waals surface area contributed by atoms with Crippen LogP contribution in [0.25, 0.3) is 0 Å². The molecule has 18 heavy (non-hydrogen) atoms. The fourth-order valence-electron chi connectivity index (χ4n) is 1.58. The molecule has 0 saturated carbocycles. The van der Waals surface area contributed by atoms with Gasteiger partial charge in [-0.1, -0.05) is 12.8 Å². The Labute approximate surface area is 109 Å². The lowest BCUT2D eigenvalue weighted by atomic mass is 10.1. The van der Waals surface area contributed by atoms with Crippen molar-refractivity contribution in [2.24, 2.45) is 5.73 Å². The number of imidazole rings is 1. The molecule has 1 aromatic heterocycles. The van der Waals surface area contributed by atoms with Gasteiger partial charge in [0.25, 0.3) is 10.0 Å². The summed E-state index contributed by atoms with van der Waals surface area (Å²) in [7, 11) is -0.464. The van der Waals surface area contributed by atoms with Crippen LogP contribution in [0.15, 0.2) is 11.4 Å². The Morgan fingerprint density at radius 3 is 2.56 bits per heavy atom. The molecule has 0 fully saturated rings. The Bertz CT molecular complexity index is 453. The molecule has 7 heteroatoms. The molecule has 1 heterocycles. The van der Waals surface area contributed by atoms with E-state index in [2.05, 4.69) is 9.97 Å². The molecule has 1 aromatic rings. The zero-order chi connectivity index (χ0) is 13.6. The van der Waals surface area contributed by atoms with Crippen LogP contribution in [0.3, 0.4) is 0 Å². The predicted octanol–water partition coefficient (Wildman–Crippen LogP) is 0.722. The number of aryl methyl sites for hydroxylation is 1. The Balaban J connectivity index is 2.49. The highest BCUT2D eigenvalue weighted by molar-refractivity contribution is 7.88. The third kappa shape index (κ3) is 4.08. The van der Waals surface area contributed by atoms with E-state index < -0.39 is 10.0 Å². The van der Waals surface area contributed by atoms with Crippen LogP contribution in [0.5, 0.6) is 0 Å². The van der Waals surface area contributed by atoms with Gasteiger partial charge in [0.2, 0.25) is 5.16 Å². The third-order valence-electron chi connectivity index (χ3n) is 2.73. The van der Waals surface area contributed by atoms with Crippen LogP contribution in [-0.4, -0.2) is 43.3 Å². The van der Waals surface area contributed by atoms with Crippen molar-refractivity contribution in [1.29, 1.82) is 0 Å². The van der Waals surface area contributed by atoms with Crippen LogP contribution < -0.4 is 5.73 Å². The number of rotatable bonds is 8. The van der Waals surface area contributed by atoms with E-state index in [0.717, 1.165) is 48.6 Å². The molecule has 0 aliphatic heterocycles. The van der Waals surface area contributed by atoms with Gasteiger partial charge in [-0.05, 0) is 25.8 Å². The molecule has 0 atom stereocenters. The summed E-state index contributed by atoms with van der Waals surface area (Å²) in [5, 5.41) is 0.0180. The molecule has 1 rings (SSSR count). The molecular formula is C11H22N4O2S. The standard InChI is InChI=1S/C11H22N4O2S/c1-15(2)18(16,17)11-13-9-10(14-11)7-5-3-4-6-8-12/h9H,3-8,12H2,1-2H3,(H,13,14). The molecule has 0 aromatic carbocycles. The molecule has 0 saturated heterocycles. The van der Waals surface area contributed by atoms with E-state index in [1.807, 2.05) is 0 Å². The number of aromatic amines is 1. The lowest BCUT2D eigenvalue weighted by molar-refractivity contribution is 0.513. The van der Waals surface area contributed by atoms with Gasteiger partial charge in [-0.2, -0.15) is 0 Å². The Kier molecular flexibility index (Phi) is 5.77. The molecule has 0 amide bonds. The van der Waals surface area contributed by atoms with Crippen molar-refractivity contribution in [2.45, 2.75) is 37.3 Å². The van der Waals surface area contributed by atoms with E-state index in [-0.39, 0.29) is 5.16 Å². The monoisotopic (exact) mass is 274 g/mol. The second-order valence-electron chi connectivity index (χ2n) is 4.45. The average molecular weight is 274 g/mol. The molecular weight excluding hydrogens is 252 g/mol. The van der Waals surface area contributed by atoms with Crippen molar-refractivity contribution < 1.29 is 8.42 Å². The van der Waals surface area contributed by atoms with Crippen LogP contribution in [0.2, 0.25) is 0 Å². The zero-order valence-electron chi connectivity index (χ0n) is 11.0. The number of nitrogens with two attached hydrogens (primary N) is 1. The summed E-state index contributed by atoms with van der Waals surface area (Å²) in [6.45, 7) is 0.731. The van der Waals surface area contributed by atoms with E-state index >= 15 is 0 Å². The van der Waals surface area contributed by atoms with E-state index in [0.29, 0.717) is 0 Å². The number of nitrogens with zero attached hydrogens (tertiary/aromatic N) is 2. The van der Waals surface area contributed by atoms with Gasteiger partial charge in [0.05, 0.1) is 0 Å². The molecule has 0 unspecified atom stereocenters. The normalized spacial score (nSPS) is 12.2. The van der Waals surface area contributed by atoms with Crippen LogP contribution in [0.1, 0.15) is 31.4 Å². The number of H-pyrrole nitrogens is 1. The van der Waals surface area contributed by atoms with Gasteiger partial charge in [0.1, 0.15) is 0 Å². The maximum Gasteiger partial charge on any atom is 0.276 e. The van der Waals surface area contributed by atoms with Crippen LogP contribution in [-0.2, 0) is 16.4 Å². The lowest BCUT2D eigenvalue weighted by Crippen LogP contribution is -2.23. The number of hydrogen-bond acceptors (Lipinski definition) is 4. The van der Waals surface area contributed by atoms with Gasteiger partial charge in [-0.3, -0.25) is 0 Å². The van der Waals surface area contributed by atoms with Crippen molar-refractivity contribution >= 4 is 10.0 Å². The van der Waals surface area contributed by atoms with E-state index in [1.165, 1.54) is 14.1 Å². The molecule has 0 aliphatic rings. The van der Waals surface area contributed by atoms with Crippen molar-refractivity contribution in [1.82, 2.24) is 14.3 Å². The van der Waals surface area contributed by atoms with Gasteiger partial charge >= 0.3 is 0 Å². The molecule has 0 radical (unpaired) electrons. The number of unbranched alkanes of at least 4 members (excludes halogenated alkanes) is 3. The second kappa shape index (κ2) is 6.86. The van der Waals surface area contributed by atoms with Crippen molar-refractivity contribution in [3.63, 3.8) is 0 Å². The molecule has 3 N–H and O–H groups in total. The summed E-state index contributed by atoms with van der Waals surface area (Å²) < 4.78 is 24.7. The van der Waals surface area contributed by atoms with Crippen LogP contribution in [0.4, 0.5) is 0 Å². The first-order valence-corrected chi connectivity index (χ1v) is 7.59. The van der Waals surface area contributed by atoms with Gasteiger partial charge in [0.15, 0.2) is 0 Å². The maximum atomic E-state index is 11.8. The first-order valence-electron chi connectivity index (χ1n) is 6.15. The number of sulfonamides is 1. The molecule has 104 valence electrons. The highest BCUT2D eigenvalue weighted by Crippen LogP contribution is 2.11. The van der Waals surface area contributed by atoms with Crippen molar-refractivity contribution in [2.75, 3.05) is 20.6 Å². The predicted molar refractivity (Wildman–Crippen MR) is 70.7 cm³/mol. The Morgan fingerprint density at radius 2 is 1.94 bits per heavy atom. The first kappa shape index (κ1) is 15.1. The van der Waals surface area contributed by atoms with Gasteiger partial charge in [0, 0.05) is 26.0 Å². The van der Waals surface area contributed by atoms with E-state index in [4.69, 9.17) is 5.73 Å². The van der Waals surface area contributed by atoms with Crippen LogP contribution in [0, 0.1) is 0 Å². The largest absolute Gasteiger partial charge is 0.332 e. The van der Waals surface area contributed by atoms with Gasteiger partial charge in [-0.15, -0.1) is 0 Å².